The van der Waals surface area contributed by atoms with Crippen LogP contribution in [0.4, 0.5) is 5.69 Å². The van der Waals surface area contributed by atoms with Gasteiger partial charge in [0.2, 0.25) is 11.7 Å². The summed E-state index contributed by atoms with van der Waals surface area (Å²) in [5.41, 5.74) is 9.01. The zero-order chi connectivity index (χ0) is 25.4. The molecule has 0 spiro atoms. The Kier molecular flexibility index (Phi) is 5.39. The molecule has 180 valence electrons. The van der Waals surface area contributed by atoms with Gasteiger partial charge in [0.25, 0.3) is 5.91 Å². The van der Waals surface area contributed by atoms with E-state index in [1.54, 1.807) is 35.0 Å². The fraction of sp³-hybridized carbons (Fsp3) is 0. The van der Waals surface area contributed by atoms with Gasteiger partial charge in [0.1, 0.15) is 22.5 Å². The second-order valence-electron chi connectivity index (χ2n) is 8.35. The largest absolute Gasteiger partial charge is 0.454 e. The molecule has 0 atom stereocenters. The average molecular weight is 489 g/mol. The van der Waals surface area contributed by atoms with Gasteiger partial charge < -0.3 is 19.9 Å². The molecular weight excluding hydrogens is 468 g/mol. The number of carbonyl (C=O) groups excluding carboxylic acids is 2. The minimum Gasteiger partial charge on any atom is -0.454 e. The third kappa shape index (κ3) is 4.17. The fourth-order valence-corrected chi connectivity index (χ4v) is 4.19. The van der Waals surface area contributed by atoms with Crippen molar-refractivity contribution in [3.63, 3.8) is 0 Å². The summed E-state index contributed by atoms with van der Waals surface area (Å²) in [7, 11) is 0. The molecule has 0 bridgehead atoms. The zero-order valence-electron chi connectivity index (χ0n) is 19.4. The number of hydrogen-bond donors (Lipinski definition) is 2. The van der Waals surface area contributed by atoms with Gasteiger partial charge in [0.15, 0.2) is 5.76 Å². The normalized spacial score (nSPS) is 11.5. The number of nitrogens with zero attached hydrogens (tertiary/aromatic N) is 2. The Morgan fingerprint density at radius 1 is 0.892 bits per heavy atom. The molecule has 3 heterocycles. The van der Waals surface area contributed by atoms with Crippen LogP contribution in [0.25, 0.3) is 45.2 Å². The molecule has 8 heteroatoms. The summed E-state index contributed by atoms with van der Waals surface area (Å²) in [6.45, 7) is 0. The van der Waals surface area contributed by atoms with E-state index in [4.69, 9.17) is 19.7 Å². The molecule has 3 N–H and O–H groups in total. The van der Waals surface area contributed by atoms with Crippen molar-refractivity contribution in [2.24, 2.45) is 5.73 Å². The van der Waals surface area contributed by atoms with E-state index >= 15 is 0 Å². The minimum absolute atomic E-state index is 0.109. The van der Waals surface area contributed by atoms with Gasteiger partial charge in [0.05, 0.1) is 5.69 Å². The van der Waals surface area contributed by atoms with E-state index in [-0.39, 0.29) is 11.4 Å². The Morgan fingerprint density at radius 2 is 1.62 bits per heavy atom. The molecule has 6 aromatic rings. The van der Waals surface area contributed by atoms with Gasteiger partial charge in [0, 0.05) is 28.6 Å². The lowest BCUT2D eigenvalue weighted by Crippen LogP contribution is -2.15. The summed E-state index contributed by atoms with van der Waals surface area (Å²) < 4.78 is 13.3. The first-order chi connectivity index (χ1) is 18.1. The van der Waals surface area contributed by atoms with Gasteiger partial charge in [-0.3, -0.25) is 9.59 Å². The molecule has 3 aromatic heterocycles. The lowest BCUT2D eigenvalue weighted by atomic mass is 10.1. The van der Waals surface area contributed by atoms with E-state index in [2.05, 4.69) is 5.32 Å². The summed E-state index contributed by atoms with van der Waals surface area (Å²) in [5, 5.41) is 9.01. The Hall–Kier alpha value is -5.37. The summed E-state index contributed by atoms with van der Waals surface area (Å²) in [4.78, 5) is 24.8. The summed E-state index contributed by atoms with van der Waals surface area (Å²) in [5.74, 6) is -0.764. The van der Waals surface area contributed by atoms with Crippen molar-refractivity contribution >= 4 is 45.5 Å². The van der Waals surface area contributed by atoms with Crippen LogP contribution >= 0.6 is 0 Å². The number of amides is 2. The van der Waals surface area contributed by atoms with Crippen LogP contribution in [0.2, 0.25) is 0 Å². The van der Waals surface area contributed by atoms with Crippen LogP contribution in [0.3, 0.4) is 0 Å². The third-order valence-corrected chi connectivity index (χ3v) is 5.90. The number of rotatable bonds is 6. The first-order valence-electron chi connectivity index (χ1n) is 11.5. The van der Waals surface area contributed by atoms with Crippen LogP contribution < -0.4 is 11.1 Å². The zero-order valence-corrected chi connectivity index (χ0v) is 19.4. The van der Waals surface area contributed by atoms with Gasteiger partial charge >= 0.3 is 0 Å². The Balaban J connectivity index is 1.37. The molecule has 0 saturated heterocycles. The number of nitrogens with one attached hydrogen (secondary N) is 1. The molecule has 3 aromatic carbocycles. The number of nitrogens with two attached hydrogens (primary N) is 1. The highest BCUT2D eigenvalue weighted by Gasteiger charge is 2.20. The summed E-state index contributed by atoms with van der Waals surface area (Å²) in [6, 6.07) is 26.3. The van der Waals surface area contributed by atoms with Gasteiger partial charge in [-0.1, -0.05) is 48.5 Å². The third-order valence-electron chi connectivity index (χ3n) is 5.90. The molecule has 0 aliphatic carbocycles. The smallest absolute Gasteiger partial charge is 0.286 e. The number of carbonyl (C=O) groups is 2. The van der Waals surface area contributed by atoms with Crippen LogP contribution in [-0.4, -0.2) is 21.6 Å². The van der Waals surface area contributed by atoms with E-state index in [0.717, 1.165) is 16.7 Å². The van der Waals surface area contributed by atoms with Crippen molar-refractivity contribution in [1.29, 1.82) is 0 Å². The molecule has 0 fully saturated rings. The number of para-hydroxylation sites is 3. The lowest BCUT2D eigenvalue weighted by Gasteiger charge is -2.01. The number of aromatic nitrogens is 2. The quantitative estimate of drug-likeness (QED) is 0.288. The molecule has 0 saturated carbocycles. The molecule has 2 amide bonds. The summed E-state index contributed by atoms with van der Waals surface area (Å²) in [6.07, 6.45) is 4.84. The number of furan rings is 2. The number of fused-ring (bicyclic) bond motifs is 2. The van der Waals surface area contributed by atoms with Crippen LogP contribution in [0.5, 0.6) is 0 Å². The van der Waals surface area contributed by atoms with Crippen molar-refractivity contribution in [3.8, 4) is 17.1 Å². The van der Waals surface area contributed by atoms with Gasteiger partial charge in [-0.2, -0.15) is 5.10 Å². The Labute approximate surface area is 210 Å². The number of primary amides is 1. The standard InChI is InChI=1S/C29H20N4O4/c30-29(35)28-27(21-11-5-7-13-23(21)37-28)31-25(34)15-14-19-17-33(20-9-2-1-3-10-20)32-26(19)24-16-18-8-4-6-12-22(18)36-24/h1-17H,(H2,30,35)(H,31,34)/b15-14+. The van der Waals surface area contributed by atoms with E-state index in [9.17, 15) is 9.59 Å². The van der Waals surface area contributed by atoms with E-state index in [1.165, 1.54) is 6.08 Å². The van der Waals surface area contributed by atoms with E-state index in [0.29, 0.717) is 28.0 Å². The van der Waals surface area contributed by atoms with E-state index in [1.807, 2.05) is 66.9 Å². The monoisotopic (exact) mass is 488 g/mol. The van der Waals surface area contributed by atoms with Gasteiger partial charge in [-0.05, 0) is 42.5 Å². The molecular formula is C29H20N4O4. The lowest BCUT2D eigenvalue weighted by molar-refractivity contribution is -0.111. The van der Waals surface area contributed by atoms with Gasteiger partial charge in [-0.15, -0.1) is 0 Å². The predicted octanol–water partition coefficient (Wildman–Crippen LogP) is 5.78. The number of benzene rings is 3. The molecule has 0 aliphatic heterocycles. The van der Waals surface area contributed by atoms with Gasteiger partial charge in [-0.25, -0.2) is 4.68 Å². The van der Waals surface area contributed by atoms with Crippen LogP contribution in [0.1, 0.15) is 16.1 Å². The SMILES string of the molecule is NC(=O)c1oc2ccccc2c1NC(=O)/C=C/c1cn(-c2ccccc2)nc1-c1cc2ccccc2o1. The highest BCUT2D eigenvalue weighted by molar-refractivity contribution is 6.13. The number of anilines is 1. The molecule has 6 rings (SSSR count). The maximum absolute atomic E-state index is 12.9. The fourth-order valence-electron chi connectivity index (χ4n) is 4.19. The van der Waals surface area contributed by atoms with Crippen molar-refractivity contribution < 1.29 is 18.4 Å². The van der Waals surface area contributed by atoms with Crippen LogP contribution in [0, 0.1) is 0 Å². The maximum Gasteiger partial charge on any atom is 0.286 e. The maximum atomic E-state index is 12.9. The van der Waals surface area contributed by atoms with Crippen molar-refractivity contribution in [3.05, 3.63) is 109 Å². The van der Waals surface area contributed by atoms with Crippen LogP contribution in [0.15, 0.2) is 106 Å². The Bertz CT molecular complexity index is 1770. The van der Waals surface area contributed by atoms with Crippen molar-refractivity contribution in [2.75, 3.05) is 5.32 Å². The average Bonchev–Trinajstić information content (AvgIpc) is 3.63. The minimum atomic E-state index is -0.771. The highest BCUT2D eigenvalue weighted by atomic mass is 16.3. The second-order valence-corrected chi connectivity index (χ2v) is 8.35. The highest BCUT2D eigenvalue weighted by Crippen LogP contribution is 2.32. The Morgan fingerprint density at radius 3 is 2.41 bits per heavy atom. The molecule has 37 heavy (non-hydrogen) atoms. The first-order valence-corrected chi connectivity index (χ1v) is 11.5. The van der Waals surface area contributed by atoms with Crippen molar-refractivity contribution in [2.45, 2.75) is 0 Å². The second kappa shape index (κ2) is 9.01. The van der Waals surface area contributed by atoms with Crippen LogP contribution in [-0.2, 0) is 4.79 Å². The molecule has 0 radical (unpaired) electrons. The molecule has 0 aliphatic rings. The van der Waals surface area contributed by atoms with E-state index < -0.39 is 11.8 Å². The van der Waals surface area contributed by atoms with Crippen molar-refractivity contribution in [1.82, 2.24) is 9.78 Å². The topological polar surface area (TPSA) is 116 Å². The molecule has 8 nitrogen and oxygen atoms in total. The molecule has 0 unspecified atom stereocenters. The predicted molar refractivity (Wildman–Crippen MR) is 141 cm³/mol. The number of hydrogen-bond acceptors (Lipinski definition) is 5. The summed E-state index contributed by atoms with van der Waals surface area (Å²) >= 11 is 0. The first kappa shape index (κ1) is 22.1.